The van der Waals surface area contributed by atoms with Crippen LogP contribution in [0.25, 0.3) is 0 Å². The molecule has 0 radical (unpaired) electrons. The van der Waals surface area contributed by atoms with Gasteiger partial charge in [-0.25, -0.2) is 0 Å². The average molecular weight is 253 g/mol. The first-order valence-corrected chi connectivity index (χ1v) is 6.51. The second-order valence-corrected chi connectivity index (χ2v) is 4.68. The summed E-state index contributed by atoms with van der Waals surface area (Å²) in [7, 11) is 1.84. The first-order chi connectivity index (χ1) is 9.24. The maximum Gasteiger partial charge on any atom is 0.147 e. The van der Waals surface area contributed by atoms with Crippen LogP contribution < -0.4 is 5.32 Å². The van der Waals surface area contributed by atoms with Crippen LogP contribution in [0.1, 0.15) is 24.0 Å². The SMILES string of the molecule is CN[C@H](C(C)=O)C(c1ccccc1)c1ccccc1. The van der Waals surface area contributed by atoms with E-state index in [1.54, 1.807) is 6.92 Å². The van der Waals surface area contributed by atoms with Gasteiger partial charge in [0.2, 0.25) is 0 Å². The maximum absolute atomic E-state index is 11.9. The summed E-state index contributed by atoms with van der Waals surface area (Å²) in [6, 6.07) is 20.1. The van der Waals surface area contributed by atoms with Crippen LogP contribution in [0.2, 0.25) is 0 Å². The Kier molecular flexibility index (Phi) is 4.48. The predicted octanol–water partition coefficient (Wildman–Crippen LogP) is 3.00. The van der Waals surface area contributed by atoms with Gasteiger partial charge in [-0.3, -0.25) is 4.79 Å². The van der Waals surface area contributed by atoms with Gasteiger partial charge < -0.3 is 5.32 Å². The fourth-order valence-corrected chi connectivity index (χ4v) is 2.50. The van der Waals surface area contributed by atoms with Crippen molar-refractivity contribution < 1.29 is 4.79 Å². The third-order valence-corrected chi connectivity index (χ3v) is 3.40. The Morgan fingerprint density at radius 2 is 1.32 bits per heavy atom. The second kappa shape index (κ2) is 6.30. The summed E-state index contributed by atoms with van der Waals surface area (Å²) in [4.78, 5) is 11.9. The van der Waals surface area contributed by atoms with Crippen molar-refractivity contribution >= 4 is 5.78 Å². The van der Waals surface area contributed by atoms with Crippen molar-refractivity contribution in [1.82, 2.24) is 5.32 Å². The number of likely N-dealkylation sites (N-methyl/N-ethyl adjacent to an activating group) is 1. The summed E-state index contributed by atoms with van der Waals surface area (Å²) >= 11 is 0. The number of ketones is 1. The molecule has 1 N–H and O–H groups in total. The molecule has 2 aromatic carbocycles. The van der Waals surface area contributed by atoms with Gasteiger partial charge in [0.05, 0.1) is 6.04 Å². The Labute approximate surface area is 114 Å². The van der Waals surface area contributed by atoms with Gasteiger partial charge in [-0.2, -0.15) is 0 Å². The van der Waals surface area contributed by atoms with Crippen LogP contribution in [0.5, 0.6) is 0 Å². The van der Waals surface area contributed by atoms with Crippen LogP contribution in [0.15, 0.2) is 60.7 Å². The maximum atomic E-state index is 11.9. The lowest BCUT2D eigenvalue weighted by atomic mass is 9.83. The number of rotatable bonds is 5. The number of nitrogens with one attached hydrogen (secondary N) is 1. The molecule has 1 atom stereocenters. The number of hydrogen-bond donors (Lipinski definition) is 1. The molecule has 0 aromatic heterocycles. The Balaban J connectivity index is 2.48. The number of benzene rings is 2. The molecule has 0 aliphatic carbocycles. The van der Waals surface area contributed by atoms with Crippen LogP contribution in [-0.2, 0) is 4.79 Å². The zero-order valence-electron chi connectivity index (χ0n) is 11.3. The van der Waals surface area contributed by atoms with Crippen molar-refractivity contribution in [2.75, 3.05) is 7.05 Å². The van der Waals surface area contributed by atoms with Gasteiger partial charge >= 0.3 is 0 Å². The zero-order valence-corrected chi connectivity index (χ0v) is 11.3. The standard InChI is InChI=1S/C17H19NO/c1-13(19)17(18-2)16(14-9-5-3-6-10-14)15-11-7-4-8-12-15/h3-12,16-18H,1-2H3/t17-/m1/s1. The van der Waals surface area contributed by atoms with Crippen molar-refractivity contribution in [3.05, 3.63) is 71.8 Å². The lowest BCUT2D eigenvalue weighted by Gasteiger charge is -2.26. The second-order valence-electron chi connectivity index (χ2n) is 4.68. The van der Waals surface area contributed by atoms with Crippen molar-refractivity contribution in [2.45, 2.75) is 18.9 Å². The van der Waals surface area contributed by atoms with E-state index in [0.29, 0.717) is 0 Å². The Bertz CT molecular complexity index is 482. The monoisotopic (exact) mass is 253 g/mol. The van der Waals surface area contributed by atoms with Crippen molar-refractivity contribution in [2.24, 2.45) is 0 Å². The number of carbonyl (C=O) groups excluding carboxylic acids is 1. The van der Waals surface area contributed by atoms with Gasteiger partial charge in [0.25, 0.3) is 0 Å². The molecule has 2 heteroatoms. The summed E-state index contributed by atoms with van der Waals surface area (Å²) in [5, 5.41) is 3.15. The Morgan fingerprint density at radius 1 is 0.895 bits per heavy atom. The average Bonchev–Trinajstić information content (AvgIpc) is 2.46. The molecule has 98 valence electrons. The van der Waals surface area contributed by atoms with Crippen LogP contribution >= 0.6 is 0 Å². The lowest BCUT2D eigenvalue weighted by Crippen LogP contribution is -2.38. The van der Waals surface area contributed by atoms with Gasteiger partial charge in [0, 0.05) is 5.92 Å². The summed E-state index contributed by atoms with van der Waals surface area (Å²) < 4.78 is 0. The van der Waals surface area contributed by atoms with Crippen LogP contribution in [-0.4, -0.2) is 18.9 Å². The van der Waals surface area contributed by atoms with E-state index in [1.807, 2.05) is 43.4 Å². The highest BCUT2D eigenvalue weighted by Crippen LogP contribution is 2.28. The molecule has 2 nitrogen and oxygen atoms in total. The van der Waals surface area contributed by atoms with E-state index in [0.717, 1.165) is 11.1 Å². The molecule has 0 spiro atoms. The molecular formula is C17H19NO. The van der Waals surface area contributed by atoms with Gasteiger partial charge in [-0.15, -0.1) is 0 Å². The largest absolute Gasteiger partial charge is 0.310 e. The van der Waals surface area contributed by atoms with E-state index in [9.17, 15) is 4.79 Å². The quantitative estimate of drug-likeness (QED) is 0.887. The molecule has 0 saturated heterocycles. The first-order valence-electron chi connectivity index (χ1n) is 6.51. The van der Waals surface area contributed by atoms with Gasteiger partial charge in [-0.1, -0.05) is 60.7 Å². The summed E-state index contributed by atoms with van der Waals surface area (Å²) in [5.41, 5.74) is 2.31. The third kappa shape index (κ3) is 3.09. The van der Waals surface area contributed by atoms with Crippen LogP contribution in [0.4, 0.5) is 0 Å². The molecule has 2 aromatic rings. The Hall–Kier alpha value is -1.93. The van der Waals surface area contributed by atoms with E-state index >= 15 is 0 Å². The molecule has 0 aliphatic heterocycles. The van der Waals surface area contributed by atoms with Gasteiger partial charge in [0.15, 0.2) is 0 Å². The topological polar surface area (TPSA) is 29.1 Å². The molecule has 19 heavy (non-hydrogen) atoms. The highest BCUT2D eigenvalue weighted by atomic mass is 16.1. The number of hydrogen-bond acceptors (Lipinski definition) is 2. The highest BCUT2D eigenvalue weighted by Gasteiger charge is 2.26. The van der Waals surface area contributed by atoms with E-state index in [-0.39, 0.29) is 17.7 Å². The minimum Gasteiger partial charge on any atom is -0.310 e. The van der Waals surface area contributed by atoms with E-state index in [2.05, 4.69) is 29.6 Å². The zero-order chi connectivity index (χ0) is 13.7. The third-order valence-electron chi connectivity index (χ3n) is 3.40. The van der Waals surface area contributed by atoms with Crippen molar-refractivity contribution in [1.29, 1.82) is 0 Å². The summed E-state index contributed by atoms with van der Waals surface area (Å²) in [6.45, 7) is 1.64. The van der Waals surface area contributed by atoms with Crippen molar-refractivity contribution in [3.8, 4) is 0 Å². The molecule has 0 saturated carbocycles. The predicted molar refractivity (Wildman–Crippen MR) is 78.3 cm³/mol. The summed E-state index contributed by atoms with van der Waals surface area (Å²) in [6.07, 6.45) is 0. The molecule has 0 fully saturated rings. The highest BCUT2D eigenvalue weighted by molar-refractivity contribution is 5.83. The van der Waals surface area contributed by atoms with Crippen LogP contribution in [0, 0.1) is 0 Å². The Morgan fingerprint density at radius 3 is 1.63 bits per heavy atom. The summed E-state index contributed by atoms with van der Waals surface area (Å²) in [5.74, 6) is 0.199. The van der Waals surface area contributed by atoms with Crippen LogP contribution in [0.3, 0.4) is 0 Å². The normalized spacial score (nSPS) is 12.4. The molecule has 0 heterocycles. The van der Waals surface area contributed by atoms with Gasteiger partial charge in [-0.05, 0) is 25.1 Å². The van der Waals surface area contributed by atoms with Gasteiger partial charge in [0.1, 0.15) is 5.78 Å². The van der Waals surface area contributed by atoms with E-state index < -0.39 is 0 Å². The van der Waals surface area contributed by atoms with Crippen molar-refractivity contribution in [3.63, 3.8) is 0 Å². The molecule has 0 bridgehead atoms. The minimum atomic E-state index is -0.204. The smallest absolute Gasteiger partial charge is 0.147 e. The molecular weight excluding hydrogens is 234 g/mol. The molecule has 0 aliphatic rings. The fraction of sp³-hybridized carbons (Fsp3) is 0.235. The number of Topliss-reactive ketones (excluding diaryl/α,β-unsaturated/α-hetero) is 1. The van der Waals surface area contributed by atoms with E-state index in [4.69, 9.17) is 0 Å². The first kappa shape index (κ1) is 13.5. The fourth-order valence-electron chi connectivity index (χ4n) is 2.50. The minimum absolute atomic E-state index is 0.0462. The molecule has 0 amide bonds. The molecule has 2 rings (SSSR count). The number of carbonyl (C=O) groups is 1. The van der Waals surface area contributed by atoms with E-state index in [1.165, 1.54) is 0 Å². The molecule has 0 unspecified atom stereocenters. The lowest BCUT2D eigenvalue weighted by molar-refractivity contribution is -0.119.